The highest BCUT2D eigenvalue weighted by molar-refractivity contribution is 5.98. The molecule has 3 unspecified atom stereocenters. The van der Waals surface area contributed by atoms with Crippen LogP contribution in [-0.4, -0.2) is 36.2 Å². The molecule has 1 saturated carbocycles. The molecule has 2 aromatic carbocycles. The Kier molecular flexibility index (Phi) is 5.23. The molecule has 1 fully saturated rings. The van der Waals surface area contributed by atoms with Crippen molar-refractivity contribution >= 4 is 17.7 Å². The number of amides is 2. The van der Waals surface area contributed by atoms with Gasteiger partial charge in [0.2, 0.25) is 5.91 Å². The van der Waals surface area contributed by atoms with E-state index in [-0.39, 0.29) is 11.9 Å². The fraction of sp³-hybridized carbons (Fsp3) is 0.300. The van der Waals surface area contributed by atoms with Gasteiger partial charge in [0.25, 0.3) is 0 Å². The monoisotopic (exact) mass is 353 g/mol. The topological polar surface area (TPSA) is 95.7 Å². The molecule has 6 heteroatoms. The van der Waals surface area contributed by atoms with Crippen LogP contribution in [0.4, 0.5) is 10.5 Å². The van der Waals surface area contributed by atoms with E-state index in [0.717, 1.165) is 17.7 Å². The summed E-state index contributed by atoms with van der Waals surface area (Å²) in [5.41, 5.74) is 8.66. The van der Waals surface area contributed by atoms with E-state index in [1.54, 1.807) is 7.05 Å². The molecule has 2 amide bonds. The fourth-order valence-corrected chi connectivity index (χ4v) is 3.10. The van der Waals surface area contributed by atoms with Crippen molar-refractivity contribution in [2.45, 2.75) is 30.8 Å². The van der Waals surface area contributed by atoms with Gasteiger partial charge in [-0.25, -0.2) is 4.79 Å². The molecule has 4 N–H and O–H groups in total. The molecule has 0 aromatic heterocycles. The first-order chi connectivity index (χ1) is 12.5. The van der Waals surface area contributed by atoms with Gasteiger partial charge in [-0.2, -0.15) is 0 Å². The quantitative estimate of drug-likeness (QED) is 0.743. The average Bonchev–Trinajstić information content (AvgIpc) is 3.37. The average molecular weight is 353 g/mol. The van der Waals surface area contributed by atoms with Crippen molar-refractivity contribution in [3.8, 4) is 0 Å². The van der Waals surface area contributed by atoms with Crippen molar-refractivity contribution in [3.05, 3.63) is 65.7 Å². The lowest BCUT2D eigenvalue weighted by atomic mass is 10.0. The first-order valence-electron chi connectivity index (χ1n) is 8.62. The molecule has 6 nitrogen and oxygen atoms in total. The van der Waals surface area contributed by atoms with Gasteiger partial charge in [-0.15, -0.1) is 0 Å². The maximum absolute atomic E-state index is 12.8. The molecule has 1 aliphatic carbocycles. The van der Waals surface area contributed by atoms with Crippen molar-refractivity contribution in [2.24, 2.45) is 5.73 Å². The molecule has 1 aliphatic rings. The van der Waals surface area contributed by atoms with E-state index in [9.17, 15) is 9.59 Å². The van der Waals surface area contributed by atoms with Crippen LogP contribution in [0.1, 0.15) is 23.5 Å². The lowest BCUT2D eigenvalue weighted by Gasteiger charge is -2.24. The van der Waals surface area contributed by atoms with Crippen molar-refractivity contribution in [3.63, 3.8) is 0 Å². The summed E-state index contributed by atoms with van der Waals surface area (Å²) >= 11 is 0. The Morgan fingerprint density at radius 3 is 2.35 bits per heavy atom. The number of nitrogens with two attached hydrogens (primary N) is 1. The molecule has 3 rings (SSSR count). The van der Waals surface area contributed by atoms with E-state index in [0.29, 0.717) is 12.3 Å². The van der Waals surface area contributed by atoms with E-state index in [1.807, 2.05) is 54.6 Å². The van der Waals surface area contributed by atoms with E-state index >= 15 is 0 Å². The van der Waals surface area contributed by atoms with Gasteiger partial charge in [0.1, 0.15) is 6.04 Å². The second kappa shape index (κ2) is 7.58. The predicted octanol–water partition coefficient (Wildman–Crippen LogP) is 2.34. The Bertz CT molecular complexity index is 777. The van der Waals surface area contributed by atoms with E-state index in [2.05, 4.69) is 5.32 Å². The van der Waals surface area contributed by atoms with Crippen LogP contribution in [0.5, 0.6) is 0 Å². The number of hydrogen-bond acceptors (Lipinski definition) is 3. The Labute approximate surface area is 152 Å². The zero-order valence-electron chi connectivity index (χ0n) is 14.6. The molecule has 2 aromatic rings. The zero-order chi connectivity index (χ0) is 18.7. The van der Waals surface area contributed by atoms with Gasteiger partial charge >= 0.3 is 6.09 Å². The minimum absolute atomic E-state index is 0.232. The Morgan fingerprint density at radius 2 is 1.81 bits per heavy atom. The standard InChI is InChI=1S/C20H23N3O3/c1-23(15-9-7-14(8-10-15)16-12-17(16)21)19(24)18(22-20(25)26)11-13-5-3-2-4-6-13/h2-10,16-18,22H,11-12,21H2,1H3,(H,25,26). The summed E-state index contributed by atoms with van der Waals surface area (Å²) in [6, 6.07) is 16.4. The molecule has 136 valence electrons. The number of likely N-dealkylation sites (N-methyl/N-ethyl adjacent to an activating group) is 1. The van der Waals surface area contributed by atoms with Crippen LogP contribution in [0.3, 0.4) is 0 Å². The van der Waals surface area contributed by atoms with Crippen molar-refractivity contribution in [1.82, 2.24) is 5.32 Å². The van der Waals surface area contributed by atoms with Crippen LogP contribution in [-0.2, 0) is 11.2 Å². The Balaban J connectivity index is 1.73. The highest BCUT2D eigenvalue weighted by atomic mass is 16.4. The fourth-order valence-electron chi connectivity index (χ4n) is 3.10. The maximum Gasteiger partial charge on any atom is 0.405 e. The molecular weight excluding hydrogens is 330 g/mol. The van der Waals surface area contributed by atoms with Crippen molar-refractivity contribution in [1.29, 1.82) is 0 Å². The first kappa shape index (κ1) is 17.9. The summed E-state index contributed by atoms with van der Waals surface area (Å²) in [7, 11) is 1.65. The number of carboxylic acid groups (broad SMARTS) is 1. The van der Waals surface area contributed by atoms with Gasteiger partial charge in [0.15, 0.2) is 0 Å². The number of rotatable bonds is 6. The predicted molar refractivity (Wildman–Crippen MR) is 100 cm³/mol. The van der Waals surface area contributed by atoms with Crippen LogP contribution in [0, 0.1) is 0 Å². The molecule has 0 saturated heterocycles. The van der Waals surface area contributed by atoms with Crippen LogP contribution in [0.2, 0.25) is 0 Å². The third kappa shape index (κ3) is 4.21. The van der Waals surface area contributed by atoms with Crippen LogP contribution < -0.4 is 16.0 Å². The third-order valence-electron chi connectivity index (χ3n) is 4.76. The number of anilines is 1. The molecule has 0 bridgehead atoms. The van der Waals surface area contributed by atoms with Crippen LogP contribution in [0.15, 0.2) is 54.6 Å². The summed E-state index contributed by atoms with van der Waals surface area (Å²) in [6.45, 7) is 0. The molecule has 0 radical (unpaired) electrons. The summed E-state index contributed by atoms with van der Waals surface area (Å²) in [4.78, 5) is 25.5. The molecule has 0 spiro atoms. The largest absolute Gasteiger partial charge is 0.465 e. The number of carbonyl (C=O) groups is 2. The molecular formula is C20H23N3O3. The highest BCUT2D eigenvalue weighted by Crippen LogP contribution is 2.39. The van der Waals surface area contributed by atoms with E-state index < -0.39 is 12.1 Å². The number of nitrogens with zero attached hydrogens (tertiary/aromatic N) is 1. The third-order valence-corrected chi connectivity index (χ3v) is 4.76. The normalized spacial score (nSPS) is 19.5. The smallest absolute Gasteiger partial charge is 0.405 e. The highest BCUT2D eigenvalue weighted by Gasteiger charge is 2.34. The van der Waals surface area contributed by atoms with Crippen molar-refractivity contribution in [2.75, 3.05) is 11.9 Å². The lowest BCUT2D eigenvalue weighted by molar-refractivity contribution is -0.120. The van der Waals surface area contributed by atoms with Gasteiger partial charge < -0.3 is 21.1 Å². The number of carbonyl (C=O) groups excluding carboxylic acids is 1. The summed E-state index contributed by atoms with van der Waals surface area (Å²) in [5, 5.41) is 11.4. The second-order valence-corrected chi connectivity index (χ2v) is 6.69. The Hall–Kier alpha value is -2.86. The second-order valence-electron chi connectivity index (χ2n) is 6.69. The molecule has 0 aliphatic heterocycles. The summed E-state index contributed by atoms with van der Waals surface area (Å²) in [6.07, 6.45) is 0.0759. The number of nitrogens with one attached hydrogen (secondary N) is 1. The zero-order valence-corrected chi connectivity index (χ0v) is 14.6. The van der Waals surface area contributed by atoms with Gasteiger partial charge in [0.05, 0.1) is 0 Å². The molecule has 3 atom stereocenters. The van der Waals surface area contributed by atoms with Gasteiger partial charge in [-0.1, -0.05) is 42.5 Å². The molecule has 0 heterocycles. The SMILES string of the molecule is CN(C(=O)C(Cc1ccccc1)NC(=O)O)c1ccc(C2CC2N)cc1. The van der Waals surface area contributed by atoms with Crippen molar-refractivity contribution < 1.29 is 14.7 Å². The van der Waals surface area contributed by atoms with Gasteiger partial charge in [0, 0.05) is 31.1 Å². The number of benzene rings is 2. The van der Waals surface area contributed by atoms with Crippen LogP contribution >= 0.6 is 0 Å². The number of hydrogen-bond donors (Lipinski definition) is 3. The minimum Gasteiger partial charge on any atom is -0.465 e. The lowest BCUT2D eigenvalue weighted by Crippen LogP contribution is -2.48. The minimum atomic E-state index is -1.22. The molecule has 26 heavy (non-hydrogen) atoms. The first-order valence-corrected chi connectivity index (χ1v) is 8.62. The van der Waals surface area contributed by atoms with Crippen LogP contribution in [0.25, 0.3) is 0 Å². The Morgan fingerprint density at radius 1 is 1.19 bits per heavy atom. The van der Waals surface area contributed by atoms with Gasteiger partial charge in [-0.3, -0.25) is 4.79 Å². The van der Waals surface area contributed by atoms with E-state index in [1.165, 1.54) is 10.5 Å². The van der Waals surface area contributed by atoms with Gasteiger partial charge in [-0.05, 0) is 29.7 Å². The van der Waals surface area contributed by atoms with E-state index in [4.69, 9.17) is 10.8 Å². The maximum atomic E-state index is 12.8. The summed E-state index contributed by atoms with van der Waals surface area (Å²) in [5.74, 6) is 0.108. The summed E-state index contributed by atoms with van der Waals surface area (Å²) < 4.78 is 0.